The lowest BCUT2D eigenvalue weighted by Crippen LogP contribution is -2.01. The lowest BCUT2D eigenvalue weighted by atomic mass is 9.94. The van der Waals surface area contributed by atoms with Crippen LogP contribution in [-0.2, 0) is 0 Å². The molecule has 0 aromatic heterocycles. The van der Waals surface area contributed by atoms with Gasteiger partial charge in [-0.15, -0.1) is 0 Å². The lowest BCUT2D eigenvalue weighted by Gasteiger charge is -2.16. The van der Waals surface area contributed by atoms with Crippen molar-refractivity contribution in [2.75, 3.05) is 0 Å². The van der Waals surface area contributed by atoms with E-state index in [1.807, 2.05) is 48.5 Å². The summed E-state index contributed by atoms with van der Waals surface area (Å²) in [6.45, 7) is 2.08. The largest absolute Gasteiger partial charge is 0.384 e. The highest BCUT2D eigenvalue weighted by molar-refractivity contribution is 6.31. The summed E-state index contributed by atoms with van der Waals surface area (Å²) in [6, 6.07) is 19.6. The van der Waals surface area contributed by atoms with E-state index in [0.717, 1.165) is 21.9 Å². The summed E-state index contributed by atoms with van der Waals surface area (Å²) < 4.78 is 0. The van der Waals surface area contributed by atoms with Crippen LogP contribution in [0, 0.1) is 6.92 Å². The topological polar surface area (TPSA) is 20.2 Å². The third kappa shape index (κ3) is 2.20. The first-order valence-electron chi connectivity index (χ1n) is 6.59. The molecule has 0 aliphatic carbocycles. The van der Waals surface area contributed by atoms with E-state index in [0.29, 0.717) is 5.02 Å². The zero-order valence-electron chi connectivity index (χ0n) is 11.2. The Morgan fingerprint density at radius 1 is 0.800 bits per heavy atom. The van der Waals surface area contributed by atoms with Crippen LogP contribution in [0.15, 0.2) is 60.7 Å². The van der Waals surface area contributed by atoms with Crippen LogP contribution >= 0.6 is 11.6 Å². The van der Waals surface area contributed by atoms with E-state index in [4.69, 9.17) is 11.6 Å². The Morgan fingerprint density at radius 2 is 1.45 bits per heavy atom. The average Bonchev–Trinajstić information content (AvgIpc) is 2.48. The Hall–Kier alpha value is -1.83. The van der Waals surface area contributed by atoms with Crippen molar-refractivity contribution in [3.05, 3.63) is 82.4 Å². The fraction of sp³-hybridized carbons (Fsp3) is 0.111. The van der Waals surface area contributed by atoms with Crippen LogP contribution in [0.4, 0.5) is 0 Å². The van der Waals surface area contributed by atoms with Crippen LogP contribution in [0.1, 0.15) is 22.8 Å². The third-order valence-electron chi connectivity index (χ3n) is 3.67. The number of hydrogen-bond donors (Lipinski definition) is 1. The van der Waals surface area contributed by atoms with Crippen LogP contribution < -0.4 is 0 Å². The molecule has 0 aliphatic rings. The van der Waals surface area contributed by atoms with E-state index in [-0.39, 0.29) is 0 Å². The monoisotopic (exact) mass is 282 g/mol. The number of aryl methyl sites for hydroxylation is 1. The first-order chi connectivity index (χ1) is 9.68. The normalized spacial score (nSPS) is 12.6. The summed E-state index contributed by atoms with van der Waals surface area (Å²) in [7, 11) is 0. The quantitative estimate of drug-likeness (QED) is 0.710. The molecule has 0 bridgehead atoms. The number of hydrogen-bond acceptors (Lipinski definition) is 1. The minimum atomic E-state index is -0.714. The summed E-state index contributed by atoms with van der Waals surface area (Å²) in [5.74, 6) is 0. The van der Waals surface area contributed by atoms with Gasteiger partial charge in [0.25, 0.3) is 0 Å². The second-order valence-corrected chi connectivity index (χ2v) is 5.35. The molecule has 3 aromatic rings. The van der Waals surface area contributed by atoms with Gasteiger partial charge in [-0.1, -0.05) is 66.2 Å². The van der Waals surface area contributed by atoms with E-state index >= 15 is 0 Å². The summed E-state index contributed by atoms with van der Waals surface area (Å²) in [5.41, 5.74) is 2.83. The first kappa shape index (κ1) is 13.2. The third-order valence-corrected chi connectivity index (χ3v) is 4.01. The molecule has 1 N–H and O–H groups in total. The highest BCUT2D eigenvalue weighted by Crippen LogP contribution is 2.33. The van der Waals surface area contributed by atoms with Crippen molar-refractivity contribution < 1.29 is 5.11 Å². The Morgan fingerprint density at radius 3 is 2.20 bits per heavy atom. The van der Waals surface area contributed by atoms with Crippen LogP contribution in [0.2, 0.25) is 5.02 Å². The molecule has 0 aliphatic heterocycles. The highest BCUT2D eigenvalue weighted by Gasteiger charge is 2.16. The number of aliphatic hydroxyl groups excluding tert-OH is 1. The average molecular weight is 283 g/mol. The molecule has 0 radical (unpaired) electrons. The summed E-state index contributed by atoms with van der Waals surface area (Å²) in [6.07, 6.45) is -0.714. The molecule has 3 rings (SSSR count). The van der Waals surface area contributed by atoms with Gasteiger partial charge in [0.05, 0.1) is 0 Å². The van der Waals surface area contributed by atoms with Crippen molar-refractivity contribution >= 4 is 22.4 Å². The fourth-order valence-electron chi connectivity index (χ4n) is 2.58. The van der Waals surface area contributed by atoms with Gasteiger partial charge in [-0.2, -0.15) is 0 Å². The number of benzene rings is 3. The van der Waals surface area contributed by atoms with Crippen molar-refractivity contribution in [1.82, 2.24) is 0 Å². The molecule has 1 nitrogen and oxygen atoms in total. The second-order valence-electron chi connectivity index (χ2n) is 4.94. The minimum Gasteiger partial charge on any atom is -0.384 e. The maximum atomic E-state index is 10.7. The van der Waals surface area contributed by atoms with Crippen molar-refractivity contribution in [1.29, 1.82) is 0 Å². The van der Waals surface area contributed by atoms with Crippen LogP contribution in [0.5, 0.6) is 0 Å². The van der Waals surface area contributed by atoms with Gasteiger partial charge in [0.2, 0.25) is 0 Å². The van der Waals surface area contributed by atoms with E-state index in [1.165, 1.54) is 5.56 Å². The molecule has 0 heterocycles. The predicted octanol–water partition coefficient (Wildman–Crippen LogP) is 4.88. The van der Waals surface area contributed by atoms with E-state index < -0.39 is 6.10 Å². The van der Waals surface area contributed by atoms with Gasteiger partial charge < -0.3 is 5.11 Å². The van der Waals surface area contributed by atoms with Crippen LogP contribution in [-0.4, -0.2) is 5.11 Å². The molecule has 1 atom stereocenters. The Labute approximate surface area is 123 Å². The van der Waals surface area contributed by atoms with Gasteiger partial charge in [0, 0.05) is 10.6 Å². The molecular formula is C18H15ClO. The number of aliphatic hydroxyl groups is 1. The van der Waals surface area contributed by atoms with Crippen molar-refractivity contribution in [3.63, 3.8) is 0 Å². The smallest absolute Gasteiger partial charge is 0.106 e. The molecule has 0 saturated carbocycles. The number of halogens is 1. The fourth-order valence-corrected chi connectivity index (χ4v) is 2.81. The zero-order chi connectivity index (χ0) is 14.1. The van der Waals surface area contributed by atoms with Crippen molar-refractivity contribution in [2.24, 2.45) is 0 Å². The first-order valence-corrected chi connectivity index (χ1v) is 6.97. The Bertz CT molecular complexity index is 764. The van der Waals surface area contributed by atoms with Gasteiger partial charge in [0.15, 0.2) is 0 Å². The highest BCUT2D eigenvalue weighted by atomic mass is 35.5. The molecule has 0 saturated heterocycles. The Balaban J connectivity index is 2.20. The summed E-state index contributed by atoms with van der Waals surface area (Å²) in [4.78, 5) is 0. The van der Waals surface area contributed by atoms with Gasteiger partial charge in [0.1, 0.15) is 6.10 Å². The van der Waals surface area contributed by atoms with Crippen molar-refractivity contribution in [2.45, 2.75) is 13.0 Å². The zero-order valence-corrected chi connectivity index (χ0v) is 11.9. The maximum absolute atomic E-state index is 10.7. The molecule has 20 heavy (non-hydrogen) atoms. The van der Waals surface area contributed by atoms with Crippen LogP contribution in [0.25, 0.3) is 10.8 Å². The summed E-state index contributed by atoms with van der Waals surface area (Å²) in [5, 5.41) is 13.5. The maximum Gasteiger partial charge on any atom is 0.106 e. The number of rotatable bonds is 2. The molecule has 2 heteroatoms. The van der Waals surface area contributed by atoms with E-state index in [2.05, 4.69) is 13.0 Å². The Kier molecular flexibility index (Phi) is 3.47. The minimum absolute atomic E-state index is 0.588. The van der Waals surface area contributed by atoms with Gasteiger partial charge in [-0.25, -0.2) is 0 Å². The predicted molar refractivity (Wildman–Crippen MR) is 84.2 cm³/mol. The molecule has 0 amide bonds. The van der Waals surface area contributed by atoms with Crippen LogP contribution in [0.3, 0.4) is 0 Å². The molecule has 1 unspecified atom stereocenters. The molecular weight excluding hydrogens is 268 g/mol. The molecule has 3 aromatic carbocycles. The molecule has 0 fully saturated rings. The summed E-state index contributed by atoms with van der Waals surface area (Å²) >= 11 is 6.19. The molecule has 100 valence electrons. The molecule has 0 spiro atoms. The lowest BCUT2D eigenvalue weighted by molar-refractivity contribution is 0.222. The SMILES string of the molecule is Cc1ccc(C(O)c2ccccc2Cl)c2ccccc12. The number of fused-ring (bicyclic) bond motifs is 1. The van der Waals surface area contributed by atoms with Gasteiger partial charge >= 0.3 is 0 Å². The van der Waals surface area contributed by atoms with Gasteiger partial charge in [-0.05, 0) is 34.9 Å². The van der Waals surface area contributed by atoms with Gasteiger partial charge in [-0.3, -0.25) is 0 Å². The van der Waals surface area contributed by atoms with E-state index in [1.54, 1.807) is 6.07 Å². The second kappa shape index (κ2) is 5.28. The van der Waals surface area contributed by atoms with E-state index in [9.17, 15) is 5.11 Å². The van der Waals surface area contributed by atoms with Crippen molar-refractivity contribution in [3.8, 4) is 0 Å². The standard InChI is InChI=1S/C18H15ClO/c1-12-10-11-15(14-7-3-2-6-13(12)14)18(20)16-8-4-5-9-17(16)19/h2-11,18,20H,1H3.